The average Bonchev–Trinajstić information content (AvgIpc) is 3.31. The number of anilines is 1. The summed E-state index contributed by atoms with van der Waals surface area (Å²) in [6.45, 7) is 0.182. The third-order valence-corrected chi connectivity index (χ3v) is 8.92. The van der Waals surface area contributed by atoms with Gasteiger partial charge in [-0.25, -0.2) is 4.98 Å². The number of carboxylic acids is 1. The van der Waals surface area contributed by atoms with Crippen LogP contribution < -0.4 is 20.5 Å². The van der Waals surface area contributed by atoms with E-state index in [4.69, 9.17) is 26.8 Å². The van der Waals surface area contributed by atoms with Crippen molar-refractivity contribution in [3.8, 4) is 11.5 Å². The summed E-state index contributed by atoms with van der Waals surface area (Å²) in [5, 5.41) is 12.9. The van der Waals surface area contributed by atoms with Gasteiger partial charge in [0, 0.05) is 21.8 Å². The molecule has 0 saturated heterocycles. The second kappa shape index (κ2) is 9.69. The first-order valence-electron chi connectivity index (χ1n) is 10.9. The molecule has 0 bridgehead atoms. The fourth-order valence-electron chi connectivity index (χ4n) is 3.93. The van der Waals surface area contributed by atoms with Gasteiger partial charge in [-0.2, -0.15) is 0 Å². The molecule has 3 aromatic rings. The predicted octanol–water partition coefficient (Wildman–Crippen LogP) is 4.43. The van der Waals surface area contributed by atoms with Crippen LogP contribution in [0.5, 0.6) is 11.5 Å². The predicted molar refractivity (Wildman–Crippen MR) is 136 cm³/mol. The number of aromatic nitrogens is 1. The number of rotatable bonds is 9. The van der Waals surface area contributed by atoms with Crippen molar-refractivity contribution in [3.05, 3.63) is 69.7 Å². The zero-order valence-electron chi connectivity index (χ0n) is 18.4. The Morgan fingerprint density at radius 1 is 1.23 bits per heavy atom. The monoisotopic (exact) mass is 531 g/mol. The summed E-state index contributed by atoms with van der Waals surface area (Å²) in [6.07, 6.45) is 3.16. The van der Waals surface area contributed by atoms with Crippen LogP contribution in [0.3, 0.4) is 0 Å². The first-order valence-corrected chi connectivity index (χ1v) is 13.1. The summed E-state index contributed by atoms with van der Waals surface area (Å²) in [4.78, 5) is 29.7. The molecule has 182 valence electrons. The molecule has 35 heavy (non-hydrogen) atoms. The summed E-state index contributed by atoms with van der Waals surface area (Å²) < 4.78 is 10.9. The van der Waals surface area contributed by atoms with Gasteiger partial charge < -0.3 is 25.6 Å². The van der Waals surface area contributed by atoms with Gasteiger partial charge in [0.15, 0.2) is 16.6 Å². The molecule has 1 aliphatic carbocycles. The lowest BCUT2D eigenvalue weighted by Gasteiger charge is -2.18. The number of benzene rings is 2. The number of amides is 1. The number of aliphatic carboxylic acids is 1. The van der Waals surface area contributed by atoms with Crippen molar-refractivity contribution in [3.63, 3.8) is 0 Å². The highest BCUT2D eigenvalue weighted by Crippen LogP contribution is 2.51. The molecule has 1 aliphatic heterocycles. The van der Waals surface area contributed by atoms with E-state index in [1.807, 2.05) is 36.4 Å². The molecule has 11 heteroatoms. The highest BCUT2D eigenvalue weighted by molar-refractivity contribution is 7.99. The van der Waals surface area contributed by atoms with Gasteiger partial charge in [0.2, 0.25) is 12.7 Å². The molecule has 2 aromatic carbocycles. The lowest BCUT2D eigenvalue weighted by Crippen LogP contribution is -2.32. The Morgan fingerprint density at radius 3 is 2.74 bits per heavy atom. The standard InChI is InChI=1S/C24H22ClN3O5S2/c25-15-4-2-1-3-14(15)20(34-11-16(26)21(29)30)19-10-27-23(35-19)28-22(31)24(7-8-24)13-5-6-17-18(9-13)33-12-32-17/h1-6,9-10,16,20H,7-8,11-12,26H2,(H,29,30)(H,27,28,31). The molecular formula is C24H22ClN3O5S2. The van der Waals surface area contributed by atoms with Crippen molar-refractivity contribution in [2.45, 2.75) is 29.5 Å². The molecule has 1 amide bonds. The first kappa shape index (κ1) is 23.9. The minimum atomic E-state index is -1.06. The zero-order chi connectivity index (χ0) is 24.6. The van der Waals surface area contributed by atoms with E-state index in [1.54, 1.807) is 12.3 Å². The quantitative estimate of drug-likeness (QED) is 0.370. The number of nitrogens with one attached hydrogen (secondary N) is 1. The number of hydrogen-bond donors (Lipinski definition) is 3. The summed E-state index contributed by atoms with van der Waals surface area (Å²) >= 11 is 9.16. The smallest absolute Gasteiger partial charge is 0.321 e. The third-order valence-electron chi connectivity index (χ3n) is 6.06. The topological polar surface area (TPSA) is 124 Å². The van der Waals surface area contributed by atoms with Gasteiger partial charge in [-0.1, -0.05) is 35.9 Å². The summed E-state index contributed by atoms with van der Waals surface area (Å²) in [5.41, 5.74) is 6.84. The molecule has 1 saturated carbocycles. The number of carboxylic acid groups (broad SMARTS) is 1. The van der Waals surface area contributed by atoms with Crippen molar-refractivity contribution in [1.82, 2.24) is 4.98 Å². The Bertz CT molecular complexity index is 1280. The molecule has 8 nitrogen and oxygen atoms in total. The number of thiazole rings is 1. The van der Waals surface area contributed by atoms with E-state index < -0.39 is 17.4 Å². The molecule has 0 radical (unpaired) electrons. The molecule has 2 aliphatic rings. The first-order chi connectivity index (χ1) is 16.9. The van der Waals surface area contributed by atoms with Crippen LogP contribution in [-0.2, 0) is 15.0 Å². The molecule has 4 N–H and O–H groups in total. The summed E-state index contributed by atoms with van der Waals surface area (Å²) in [6, 6.07) is 12.0. The number of ether oxygens (including phenoxy) is 2. The van der Waals surface area contributed by atoms with Gasteiger partial charge in [0.05, 0.1) is 10.7 Å². The van der Waals surface area contributed by atoms with E-state index in [9.17, 15) is 14.7 Å². The Hall–Kier alpha value is -2.79. The van der Waals surface area contributed by atoms with Gasteiger partial charge in [0.25, 0.3) is 0 Å². The SMILES string of the molecule is NC(CSC(c1cnc(NC(=O)C2(c3ccc4c(c3)OCO4)CC2)s1)c1ccccc1Cl)C(=O)O. The molecule has 1 fully saturated rings. The summed E-state index contributed by atoms with van der Waals surface area (Å²) in [5.74, 6) is 0.341. The Labute approximate surface area is 214 Å². The van der Waals surface area contributed by atoms with Crippen LogP contribution in [0.15, 0.2) is 48.7 Å². The van der Waals surface area contributed by atoms with E-state index in [0.717, 1.165) is 28.8 Å². The largest absolute Gasteiger partial charge is 0.480 e. The van der Waals surface area contributed by atoms with E-state index in [1.165, 1.54) is 23.1 Å². The fraction of sp³-hybridized carbons (Fsp3) is 0.292. The van der Waals surface area contributed by atoms with E-state index in [2.05, 4.69) is 10.3 Å². The Balaban J connectivity index is 1.35. The van der Waals surface area contributed by atoms with Crippen LogP contribution in [0, 0.1) is 0 Å². The average molecular weight is 532 g/mol. The van der Waals surface area contributed by atoms with Gasteiger partial charge in [-0.05, 0) is 42.2 Å². The van der Waals surface area contributed by atoms with Crippen LogP contribution in [0.2, 0.25) is 5.02 Å². The van der Waals surface area contributed by atoms with Crippen LogP contribution in [-0.4, -0.2) is 40.6 Å². The molecular weight excluding hydrogens is 510 g/mol. The van der Waals surface area contributed by atoms with Crippen molar-refractivity contribution < 1.29 is 24.2 Å². The summed E-state index contributed by atoms with van der Waals surface area (Å²) in [7, 11) is 0. The van der Waals surface area contributed by atoms with Gasteiger partial charge in [-0.15, -0.1) is 23.1 Å². The van der Waals surface area contributed by atoms with Gasteiger partial charge >= 0.3 is 5.97 Å². The van der Waals surface area contributed by atoms with Crippen molar-refractivity contribution in [2.24, 2.45) is 5.73 Å². The van der Waals surface area contributed by atoms with Crippen molar-refractivity contribution in [2.75, 3.05) is 17.9 Å². The number of carbonyl (C=O) groups excluding carboxylic acids is 1. The maximum Gasteiger partial charge on any atom is 0.321 e. The molecule has 2 atom stereocenters. The van der Waals surface area contributed by atoms with E-state index >= 15 is 0 Å². The molecule has 1 aromatic heterocycles. The van der Waals surface area contributed by atoms with Crippen LogP contribution >= 0.6 is 34.7 Å². The maximum absolute atomic E-state index is 13.3. The number of hydrogen-bond acceptors (Lipinski definition) is 8. The second-order valence-electron chi connectivity index (χ2n) is 8.35. The lowest BCUT2D eigenvalue weighted by molar-refractivity contribution is -0.137. The van der Waals surface area contributed by atoms with Gasteiger partial charge in [0.1, 0.15) is 6.04 Å². The molecule has 5 rings (SSSR count). The van der Waals surface area contributed by atoms with Crippen LogP contribution in [0.1, 0.15) is 34.1 Å². The fourth-order valence-corrected chi connectivity index (χ4v) is 6.55. The number of fused-ring (bicyclic) bond motifs is 1. The zero-order valence-corrected chi connectivity index (χ0v) is 20.8. The Kier molecular flexibility index (Phi) is 6.63. The van der Waals surface area contributed by atoms with Gasteiger partial charge in [-0.3, -0.25) is 9.59 Å². The number of halogens is 1. The number of nitrogens with two attached hydrogens (primary N) is 1. The Morgan fingerprint density at radius 2 is 2.00 bits per heavy atom. The maximum atomic E-state index is 13.3. The van der Waals surface area contributed by atoms with Crippen molar-refractivity contribution >= 4 is 51.7 Å². The number of nitrogens with zero attached hydrogens (tertiary/aromatic N) is 1. The van der Waals surface area contributed by atoms with E-state index in [-0.39, 0.29) is 23.7 Å². The number of thioether (sulfide) groups is 1. The van der Waals surface area contributed by atoms with Crippen molar-refractivity contribution in [1.29, 1.82) is 0 Å². The molecule has 2 heterocycles. The lowest BCUT2D eigenvalue weighted by atomic mass is 9.94. The normalized spacial score (nSPS) is 17.0. The van der Waals surface area contributed by atoms with Crippen LogP contribution in [0.25, 0.3) is 0 Å². The van der Waals surface area contributed by atoms with E-state index in [0.29, 0.717) is 21.7 Å². The molecule has 2 unspecified atom stereocenters. The molecule has 0 spiro atoms. The minimum Gasteiger partial charge on any atom is -0.480 e. The highest BCUT2D eigenvalue weighted by atomic mass is 35.5. The minimum absolute atomic E-state index is 0.118. The third kappa shape index (κ3) is 4.84. The highest BCUT2D eigenvalue weighted by Gasteiger charge is 2.52. The van der Waals surface area contributed by atoms with Crippen LogP contribution in [0.4, 0.5) is 5.13 Å². The second-order valence-corrected chi connectivity index (χ2v) is 11.0. The number of carbonyl (C=O) groups is 2.